The molecule has 0 saturated heterocycles. The van der Waals surface area contributed by atoms with E-state index in [4.69, 9.17) is 9.47 Å². The van der Waals surface area contributed by atoms with E-state index in [9.17, 15) is 0 Å². The van der Waals surface area contributed by atoms with Gasteiger partial charge in [-0.15, -0.1) is 0 Å². The second-order valence-electron chi connectivity index (χ2n) is 3.73. The van der Waals surface area contributed by atoms with Gasteiger partial charge < -0.3 is 9.47 Å². The molecular formula is C13H26O2. The fourth-order valence-electron chi connectivity index (χ4n) is 1.25. The molecule has 15 heavy (non-hydrogen) atoms. The van der Waals surface area contributed by atoms with Crippen molar-refractivity contribution in [2.75, 3.05) is 26.4 Å². The lowest BCUT2D eigenvalue weighted by atomic mass is 10.2. The van der Waals surface area contributed by atoms with Crippen molar-refractivity contribution in [1.82, 2.24) is 0 Å². The predicted octanol–water partition coefficient (Wildman–Crippen LogP) is 3.57. The molecule has 0 rings (SSSR count). The van der Waals surface area contributed by atoms with Crippen molar-refractivity contribution in [2.45, 2.75) is 46.5 Å². The van der Waals surface area contributed by atoms with Crippen molar-refractivity contribution in [3.8, 4) is 0 Å². The Hall–Kier alpha value is -0.340. The highest BCUT2D eigenvalue weighted by atomic mass is 16.5. The first-order chi connectivity index (χ1) is 7.35. The van der Waals surface area contributed by atoms with Gasteiger partial charge in [0.15, 0.2) is 0 Å². The molecule has 0 aliphatic carbocycles. The van der Waals surface area contributed by atoms with Crippen molar-refractivity contribution in [2.24, 2.45) is 0 Å². The van der Waals surface area contributed by atoms with E-state index >= 15 is 0 Å². The molecule has 0 saturated carbocycles. The number of allylic oxidation sites excluding steroid dienone is 1. The molecule has 0 amide bonds. The van der Waals surface area contributed by atoms with Crippen LogP contribution in [-0.2, 0) is 9.47 Å². The van der Waals surface area contributed by atoms with Gasteiger partial charge in [-0.2, -0.15) is 0 Å². The van der Waals surface area contributed by atoms with Gasteiger partial charge in [0.05, 0.1) is 13.2 Å². The monoisotopic (exact) mass is 214 g/mol. The second kappa shape index (κ2) is 11.7. The lowest BCUT2D eigenvalue weighted by Crippen LogP contribution is -2.07. The normalized spacial score (nSPS) is 12.1. The summed E-state index contributed by atoms with van der Waals surface area (Å²) in [6.45, 7) is 9.62. The van der Waals surface area contributed by atoms with E-state index in [-0.39, 0.29) is 0 Å². The molecule has 2 nitrogen and oxygen atoms in total. The Morgan fingerprint density at radius 2 is 1.60 bits per heavy atom. The summed E-state index contributed by atoms with van der Waals surface area (Å²) in [4.78, 5) is 0. The summed E-state index contributed by atoms with van der Waals surface area (Å²) < 4.78 is 11.1. The number of unbranched alkanes of at least 4 members (excludes halogenated alkanes) is 1. The highest BCUT2D eigenvalue weighted by molar-refractivity contribution is 5.02. The van der Waals surface area contributed by atoms with E-state index in [1.54, 1.807) is 0 Å². The highest BCUT2D eigenvalue weighted by Gasteiger charge is 1.97. The standard InChI is InChI=1S/C13H26O2/c1-4-7-10-15-12-13(8-5-2)11-14-9-6-3/h8H,4-7,9-12H2,1-3H3/b13-8-. The number of hydrogen-bond donors (Lipinski definition) is 0. The van der Waals surface area contributed by atoms with E-state index in [2.05, 4.69) is 26.8 Å². The number of hydrogen-bond acceptors (Lipinski definition) is 2. The maximum absolute atomic E-state index is 5.57. The van der Waals surface area contributed by atoms with E-state index in [1.807, 2.05) is 0 Å². The number of rotatable bonds is 10. The molecule has 0 atom stereocenters. The van der Waals surface area contributed by atoms with Gasteiger partial charge in [-0.25, -0.2) is 0 Å². The van der Waals surface area contributed by atoms with E-state index in [0.717, 1.165) is 45.7 Å². The molecule has 0 aromatic carbocycles. The van der Waals surface area contributed by atoms with Gasteiger partial charge in [-0.05, 0) is 24.8 Å². The molecule has 0 aromatic rings. The zero-order valence-electron chi connectivity index (χ0n) is 10.6. The molecular weight excluding hydrogens is 188 g/mol. The molecule has 0 aromatic heterocycles. The maximum atomic E-state index is 5.57. The van der Waals surface area contributed by atoms with Crippen LogP contribution in [0, 0.1) is 0 Å². The summed E-state index contributed by atoms with van der Waals surface area (Å²) in [6, 6.07) is 0. The quantitative estimate of drug-likeness (QED) is 0.409. The second-order valence-corrected chi connectivity index (χ2v) is 3.73. The molecule has 0 spiro atoms. The Kier molecular flexibility index (Phi) is 11.5. The van der Waals surface area contributed by atoms with Crippen LogP contribution in [0.25, 0.3) is 0 Å². The molecule has 0 unspecified atom stereocenters. The Morgan fingerprint density at radius 3 is 2.13 bits per heavy atom. The summed E-state index contributed by atoms with van der Waals surface area (Å²) in [7, 11) is 0. The first-order valence-electron chi connectivity index (χ1n) is 6.18. The molecule has 0 aliphatic heterocycles. The number of ether oxygens (including phenoxy) is 2. The van der Waals surface area contributed by atoms with Crippen LogP contribution >= 0.6 is 0 Å². The minimum absolute atomic E-state index is 0.730. The van der Waals surface area contributed by atoms with Crippen LogP contribution < -0.4 is 0 Å². The van der Waals surface area contributed by atoms with Crippen molar-refractivity contribution in [3.63, 3.8) is 0 Å². The first-order valence-corrected chi connectivity index (χ1v) is 6.18. The van der Waals surface area contributed by atoms with Crippen LogP contribution in [0.5, 0.6) is 0 Å². The summed E-state index contributed by atoms with van der Waals surface area (Å²) in [5.41, 5.74) is 1.28. The topological polar surface area (TPSA) is 18.5 Å². The lowest BCUT2D eigenvalue weighted by molar-refractivity contribution is 0.117. The van der Waals surface area contributed by atoms with Gasteiger partial charge in [0.2, 0.25) is 0 Å². The summed E-state index contributed by atoms with van der Waals surface area (Å²) >= 11 is 0. The molecule has 0 radical (unpaired) electrons. The molecule has 0 aliphatic rings. The molecule has 0 N–H and O–H groups in total. The molecule has 0 bridgehead atoms. The fourth-order valence-corrected chi connectivity index (χ4v) is 1.25. The Bertz CT molecular complexity index is 153. The van der Waals surface area contributed by atoms with Crippen LogP contribution in [0.15, 0.2) is 11.6 Å². The first kappa shape index (κ1) is 14.7. The van der Waals surface area contributed by atoms with Crippen LogP contribution in [0.2, 0.25) is 0 Å². The van der Waals surface area contributed by atoms with Crippen LogP contribution in [-0.4, -0.2) is 26.4 Å². The van der Waals surface area contributed by atoms with Crippen molar-refractivity contribution in [3.05, 3.63) is 11.6 Å². The van der Waals surface area contributed by atoms with Gasteiger partial charge in [0.25, 0.3) is 0 Å². The minimum Gasteiger partial charge on any atom is -0.377 e. The SMILES string of the molecule is CC/C=C(/COCCC)COCCCC. The van der Waals surface area contributed by atoms with Crippen molar-refractivity contribution in [1.29, 1.82) is 0 Å². The van der Waals surface area contributed by atoms with Crippen molar-refractivity contribution >= 4 is 0 Å². The van der Waals surface area contributed by atoms with Gasteiger partial charge in [0, 0.05) is 13.2 Å². The third-order valence-corrected chi connectivity index (χ3v) is 2.06. The largest absolute Gasteiger partial charge is 0.377 e. The van der Waals surface area contributed by atoms with Gasteiger partial charge >= 0.3 is 0 Å². The van der Waals surface area contributed by atoms with Crippen molar-refractivity contribution < 1.29 is 9.47 Å². The zero-order chi connectivity index (χ0) is 11.4. The van der Waals surface area contributed by atoms with Crippen LogP contribution in [0.4, 0.5) is 0 Å². The molecule has 2 heteroatoms. The van der Waals surface area contributed by atoms with Crippen LogP contribution in [0.1, 0.15) is 46.5 Å². The Labute approximate surface area is 94.7 Å². The van der Waals surface area contributed by atoms with E-state index in [0.29, 0.717) is 0 Å². The molecule has 0 fully saturated rings. The summed E-state index contributed by atoms with van der Waals surface area (Å²) in [5, 5.41) is 0. The molecule has 0 heterocycles. The van der Waals surface area contributed by atoms with Gasteiger partial charge in [-0.3, -0.25) is 0 Å². The third-order valence-electron chi connectivity index (χ3n) is 2.06. The Morgan fingerprint density at radius 1 is 0.933 bits per heavy atom. The third kappa shape index (κ3) is 9.95. The van der Waals surface area contributed by atoms with E-state index < -0.39 is 0 Å². The van der Waals surface area contributed by atoms with Gasteiger partial charge in [0.1, 0.15) is 0 Å². The molecule has 90 valence electrons. The summed E-state index contributed by atoms with van der Waals surface area (Å²) in [5.74, 6) is 0. The lowest BCUT2D eigenvalue weighted by Gasteiger charge is -2.09. The maximum Gasteiger partial charge on any atom is 0.0698 e. The van der Waals surface area contributed by atoms with Gasteiger partial charge in [-0.1, -0.05) is 33.3 Å². The highest BCUT2D eigenvalue weighted by Crippen LogP contribution is 2.01. The average molecular weight is 214 g/mol. The fraction of sp³-hybridized carbons (Fsp3) is 0.846. The zero-order valence-corrected chi connectivity index (χ0v) is 10.6. The summed E-state index contributed by atoms with van der Waals surface area (Å²) in [6.07, 6.45) is 6.69. The predicted molar refractivity (Wildman–Crippen MR) is 65.2 cm³/mol. The smallest absolute Gasteiger partial charge is 0.0698 e. The van der Waals surface area contributed by atoms with E-state index in [1.165, 1.54) is 12.0 Å². The average Bonchev–Trinajstić information content (AvgIpc) is 2.24. The van der Waals surface area contributed by atoms with Crippen LogP contribution in [0.3, 0.4) is 0 Å². The minimum atomic E-state index is 0.730. The Balaban J connectivity index is 3.59.